The molecule has 5 nitrogen and oxygen atoms in total. The van der Waals surface area contributed by atoms with Crippen molar-refractivity contribution in [2.75, 3.05) is 7.11 Å². The van der Waals surface area contributed by atoms with E-state index in [1.807, 2.05) is 0 Å². The van der Waals surface area contributed by atoms with Crippen molar-refractivity contribution < 1.29 is 27.4 Å². The maximum Gasteiger partial charge on any atom is 0.425 e. The summed E-state index contributed by atoms with van der Waals surface area (Å²) in [5.74, 6) is -0.744. The second-order valence-electron chi connectivity index (χ2n) is 7.08. The molecule has 0 aliphatic heterocycles. The fourth-order valence-corrected chi connectivity index (χ4v) is 3.50. The van der Waals surface area contributed by atoms with Crippen LogP contribution in [-0.4, -0.2) is 33.2 Å². The van der Waals surface area contributed by atoms with Crippen LogP contribution in [0.5, 0.6) is 5.88 Å². The van der Waals surface area contributed by atoms with Crippen molar-refractivity contribution in [1.82, 2.24) is 14.8 Å². The van der Waals surface area contributed by atoms with E-state index in [2.05, 4.69) is 10.1 Å². The fourth-order valence-electron chi connectivity index (χ4n) is 3.50. The number of rotatable bonds is 4. The molecule has 0 aliphatic carbocycles. The van der Waals surface area contributed by atoms with Gasteiger partial charge in [-0.1, -0.05) is 6.07 Å². The molecule has 0 saturated heterocycles. The average molecular weight is 431 g/mol. The lowest BCUT2D eigenvalue weighted by Gasteiger charge is -2.32. The lowest BCUT2D eigenvalue weighted by atomic mass is 9.85. The first-order valence-corrected chi connectivity index (χ1v) is 9.19. The monoisotopic (exact) mass is 431 g/mol. The van der Waals surface area contributed by atoms with Gasteiger partial charge in [-0.25, -0.2) is 14.1 Å². The minimum absolute atomic E-state index is 0.326. The summed E-state index contributed by atoms with van der Waals surface area (Å²) in [7, 11) is 1.19. The molecule has 0 radical (unpaired) electrons. The van der Waals surface area contributed by atoms with Gasteiger partial charge in [-0.3, -0.25) is 0 Å². The van der Waals surface area contributed by atoms with Gasteiger partial charge in [0.1, 0.15) is 5.82 Å². The summed E-state index contributed by atoms with van der Waals surface area (Å²) in [6.07, 6.45) is -2.32. The molecule has 1 unspecified atom stereocenters. The number of ether oxygens (including phenoxy) is 1. The van der Waals surface area contributed by atoms with Crippen molar-refractivity contribution in [2.24, 2.45) is 0 Å². The van der Waals surface area contributed by atoms with Gasteiger partial charge in [0.05, 0.1) is 30.1 Å². The van der Waals surface area contributed by atoms with Crippen LogP contribution in [0.4, 0.5) is 17.6 Å². The first-order chi connectivity index (χ1) is 14.6. The predicted octanol–water partition coefficient (Wildman–Crippen LogP) is 4.67. The van der Waals surface area contributed by atoms with Crippen LogP contribution in [0.2, 0.25) is 0 Å². The van der Waals surface area contributed by atoms with Gasteiger partial charge in [-0.15, -0.1) is 0 Å². The van der Waals surface area contributed by atoms with Crippen LogP contribution in [0.3, 0.4) is 0 Å². The minimum Gasteiger partial charge on any atom is -0.481 e. The summed E-state index contributed by atoms with van der Waals surface area (Å²) in [6.45, 7) is 1.57. The Morgan fingerprint density at radius 3 is 2.35 bits per heavy atom. The molecule has 0 aliphatic rings. The van der Waals surface area contributed by atoms with Gasteiger partial charge in [-0.05, 0) is 60.5 Å². The van der Waals surface area contributed by atoms with Crippen molar-refractivity contribution in [3.8, 4) is 11.6 Å². The molecule has 4 aromatic rings. The number of fused-ring (bicyclic) bond motifs is 1. The van der Waals surface area contributed by atoms with Crippen LogP contribution >= 0.6 is 0 Å². The van der Waals surface area contributed by atoms with Crippen LogP contribution in [-0.2, 0) is 5.60 Å². The first kappa shape index (κ1) is 20.8. The molecule has 0 spiro atoms. The number of nitrogens with zero attached hydrogens (tertiary/aromatic N) is 3. The minimum atomic E-state index is -5.06. The zero-order valence-corrected chi connectivity index (χ0v) is 16.5. The van der Waals surface area contributed by atoms with E-state index >= 15 is 0 Å². The zero-order valence-electron chi connectivity index (χ0n) is 16.5. The van der Waals surface area contributed by atoms with Crippen molar-refractivity contribution >= 4 is 10.9 Å². The van der Waals surface area contributed by atoms with E-state index in [0.717, 1.165) is 0 Å². The number of pyridine rings is 1. The molecule has 0 saturated carbocycles. The van der Waals surface area contributed by atoms with Gasteiger partial charge in [0.2, 0.25) is 11.5 Å². The number of aryl methyl sites for hydroxylation is 1. The fraction of sp³-hybridized carbons (Fsp3) is 0.182. The standard InChI is InChI=1S/C22H17F4N3O2/c1-13-9-18(20(31-2)27-11-13)21(30,22(24,25)26)15-3-8-19-14(10-15)12-28-29(19)17-6-4-16(23)5-7-17/h3-12,30H,1-2H3. The van der Waals surface area contributed by atoms with E-state index in [0.29, 0.717) is 22.2 Å². The van der Waals surface area contributed by atoms with E-state index < -0.39 is 28.7 Å². The summed E-state index contributed by atoms with van der Waals surface area (Å²) in [4.78, 5) is 3.89. The van der Waals surface area contributed by atoms with Crippen LogP contribution in [0.25, 0.3) is 16.6 Å². The highest BCUT2D eigenvalue weighted by atomic mass is 19.4. The Hall–Kier alpha value is -3.46. The molecule has 2 heterocycles. The largest absolute Gasteiger partial charge is 0.481 e. The van der Waals surface area contributed by atoms with Crippen molar-refractivity contribution in [3.05, 3.63) is 83.4 Å². The smallest absolute Gasteiger partial charge is 0.425 e. The molecule has 31 heavy (non-hydrogen) atoms. The molecule has 2 aromatic heterocycles. The highest BCUT2D eigenvalue weighted by Crippen LogP contribution is 2.47. The summed E-state index contributed by atoms with van der Waals surface area (Å²) in [5, 5.41) is 15.6. The number of methoxy groups -OCH3 is 1. The molecule has 0 amide bonds. The molecule has 2 aromatic carbocycles. The van der Waals surface area contributed by atoms with Crippen molar-refractivity contribution in [2.45, 2.75) is 18.7 Å². The number of benzene rings is 2. The summed E-state index contributed by atoms with van der Waals surface area (Å²) in [6, 6.07) is 10.6. The molecule has 0 fully saturated rings. The van der Waals surface area contributed by atoms with E-state index in [1.165, 1.54) is 72.7 Å². The summed E-state index contributed by atoms with van der Waals surface area (Å²) >= 11 is 0. The lowest BCUT2D eigenvalue weighted by Crippen LogP contribution is -2.43. The zero-order chi connectivity index (χ0) is 22.4. The second kappa shape index (κ2) is 7.35. The van der Waals surface area contributed by atoms with Gasteiger partial charge in [-0.2, -0.15) is 18.3 Å². The normalized spacial score (nSPS) is 13.9. The Morgan fingerprint density at radius 2 is 1.71 bits per heavy atom. The molecule has 4 rings (SSSR count). The maximum absolute atomic E-state index is 14.2. The number of aromatic nitrogens is 3. The highest BCUT2D eigenvalue weighted by molar-refractivity contribution is 5.81. The predicted molar refractivity (Wildman–Crippen MR) is 106 cm³/mol. The average Bonchev–Trinajstić information content (AvgIpc) is 3.16. The topological polar surface area (TPSA) is 60.2 Å². The Labute approximate surface area is 174 Å². The van der Waals surface area contributed by atoms with Crippen molar-refractivity contribution in [3.63, 3.8) is 0 Å². The lowest BCUT2D eigenvalue weighted by molar-refractivity contribution is -0.248. The Kier molecular flexibility index (Phi) is 4.93. The van der Waals surface area contributed by atoms with Crippen LogP contribution in [0.15, 0.2) is 60.9 Å². The number of hydrogen-bond acceptors (Lipinski definition) is 4. The Bertz CT molecular complexity index is 1250. The van der Waals surface area contributed by atoms with Gasteiger partial charge in [0.25, 0.3) is 0 Å². The second-order valence-corrected chi connectivity index (χ2v) is 7.08. The van der Waals surface area contributed by atoms with E-state index in [1.54, 1.807) is 6.92 Å². The molecule has 1 atom stereocenters. The number of halogens is 4. The van der Waals surface area contributed by atoms with E-state index in [4.69, 9.17) is 4.74 Å². The molecule has 0 bridgehead atoms. The van der Waals surface area contributed by atoms with Crippen LogP contribution in [0, 0.1) is 12.7 Å². The summed E-state index contributed by atoms with van der Waals surface area (Å²) < 4.78 is 62.4. The maximum atomic E-state index is 14.2. The first-order valence-electron chi connectivity index (χ1n) is 9.19. The van der Waals surface area contributed by atoms with Crippen molar-refractivity contribution in [1.29, 1.82) is 0 Å². The number of aliphatic hydroxyl groups is 1. The third-order valence-electron chi connectivity index (χ3n) is 5.04. The summed E-state index contributed by atoms with van der Waals surface area (Å²) in [5.41, 5.74) is -2.80. The number of hydrogen-bond donors (Lipinski definition) is 1. The van der Waals surface area contributed by atoms with Crippen LogP contribution in [0.1, 0.15) is 16.7 Å². The molecule has 1 N–H and O–H groups in total. The van der Waals surface area contributed by atoms with Gasteiger partial charge >= 0.3 is 6.18 Å². The van der Waals surface area contributed by atoms with Gasteiger partial charge < -0.3 is 9.84 Å². The molecular weight excluding hydrogens is 414 g/mol. The Balaban J connectivity index is 1.90. The molecular formula is C22H17F4N3O2. The number of alkyl halides is 3. The highest BCUT2D eigenvalue weighted by Gasteiger charge is 2.58. The van der Waals surface area contributed by atoms with E-state index in [-0.39, 0.29) is 5.88 Å². The van der Waals surface area contributed by atoms with Gasteiger partial charge in [0.15, 0.2) is 0 Å². The quantitative estimate of drug-likeness (QED) is 0.477. The third-order valence-corrected chi connectivity index (χ3v) is 5.04. The molecule has 9 heteroatoms. The molecule has 160 valence electrons. The van der Waals surface area contributed by atoms with Gasteiger partial charge in [0, 0.05) is 11.6 Å². The van der Waals surface area contributed by atoms with E-state index in [9.17, 15) is 22.7 Å². The Morgan fingerprint density at radius 1 is 1.00 bits per heavy atom. The third kappa shape index (κ3) is 3.40. The van der Waals surface area contributed by atoms with Crippen LogP contribution < -0.4 is 4.74 Å². The SMILES string of the molecule is COc1ncc(C)cc1C(O)(c1ccc2c(cnn2-c2ccc(F)cc2)c1)C(F)(F)F.